The zero-order valence-electron chi connectivity index (χ0n) is 12.4. The Balaban J connectivity index is 2.00. The molecule has 0 saturated heterocycles. The van der Waals surface area contributed by atoms with Crippen LogP contribution in [0.1, 0.15) is 12.0 Å². The fourth-order valence-corrected chi connectivity index (χ4v) is 2.66. The van der Waals surface area contributed by atoms with Gasteiger partial charge in [0.25, 0.3) is 0 Å². The number of benzene rings is 2. The van der Waals surface area contributed by atoms with Gasteiger partial charge in [0.2, 0.25) is 0 Å². The van der Waals surface area contributed by atoms with Crippen molar-refractivity contribution in [2.75, 3.05) is 0 Å². The highest BCUT2D eigenvalue weighted by molar-refractivity contribution is 5.55. The number of allylic oxidation sites excluding steroid dienone is 5. The first-order valence-corrected chi connectivity index (χ1v) is 7.38. The van der Waals surface area contributed by atoms with Crippen molar-refractivity contribution in [1.29, 1.82) is 0 Å². The first kappa shape index (κ1) is 14.2. The molecule has 2 heteroatoms. The second kappa shape index (κ2) is 6.35. The average molecular weight is 286 g/mol. The topological polar surface area (TPSA) is 24.7 Å². The van der Waals surface area contributed by atoms with Crippen LogP contribution in [0.3, 0.4) is 0 Å². The van der Waals surface area contributed by atoms with E-state index in [-0.39, 0.29) is 5.41 Å². The molecule has 0 amide bonds. The van der Waals surface area contributed by atoms with Crippen LogP contribution >= 0.6 is 0 Å². The number of rotatable bonds is 4. The molecular weight excluding hydrogens is 268 g/mol. The van der Waals surface area contributed by atoms with Gasteiger partial charge in [0.1, 0.15) is 0 Å². The fraction of sp³-hybridized carbons (Fsp3) is 0.100. The Bertz CT molecular complexity index is 741. The number of hydrogen-bond donors (Lipinski definition) is 0. The molecule has 0 bridgehead atoms. The van der Waals surface area contributed by atoms with Crippen LogP contribution in [0, 0.1) is 0 Å². The lowest BCUT2D eigenvalue weighted by molar-refractivity contribution is 0.677. The van der Waals surface area contributed by atoms with Gasteiger partial charge in [0.15, 0.2) is 0 Å². The van der Waals surface area contributed by atoms with Crippen molar-refractivity contribution in [2.45, 2.75) is 11.8 Å². The molecule has 2 aromatic carbocycles. The molecule has 0 aromatic heterocycles. The van der Waals surface area contributed by atoms with E-state index in [0.717, 1.165) is 23.4 Å². The Morgan fingerprint density at radius 1 is 0.909 bits per heavy atom. The lowest BCUT2D eigenvalue weighted by Crippen LogP contribution is -2.21. The van der Waals surface area contributed by atoms with Crippen LogP contribution in [0.4, 0.5) is 11.4 Å². The van der Waals surface area contributed by atoms with Crippen LogP contribution in [0.25, 0.3) is 0 Å². The predicted octanol–water partition coefficient (Wildman–Crippen LogP) is 6.04. The molecule has 2 aromatic rings. The molecule has 0 radical (unpaired) electrons. The van der Waals surface area contributed by atoms with Gasteiger partial charge in [-0.2, -0.15) is 10.2 Å². The number of hydrogen-bond acceptors (Lipinski definition) is 2. The van der Waals surface area contributed by atoms with Crippen LogP contribution in [0.2, 0.25) is 0 Å². The first-order valence-electron chi connectivity index (χ1n) is 7.38. The van der Waals surface area contributed by atoms with Crippen molar-refractivity contribution in [3.8, 4) is 0 Å². The molecule has 1 aliphatic carbocycles. The van der Waals surface area contributed by atoms with E-state index >= 15 is 0 Å². The van der Waals surface area contributed by atoms with Crippen molar-refractivity contribution in [2.24, 2.45) is 10.2 Å². The summed E-state index contributed by atoms with van der Waals surface area (Å²) in [6.45, 7) is 4.03. The molecular formula is C20H18N2. The SMILES string of the molecule is C=CC1(c2ccccc2N=Nc2ccccc2)C=CC=CC1. The quantitative estimate of drug-likeness (QED) is 0.483. The van der Waals surface area contributed by atoms with E-state index in [1.165, 1.54) is 0 Å². The Morgan fingerprint density at radius 2 is 1.68 bits per heavy atom. The maximum atomic E-state index is 4.46. The Hall–Kier alpha value is -2.74. The third-order valence-electron chi connectivity index (χ3n) is 3.90. The van der Waals surface area contributed by atoms with E-state index in [2.05, 4.69) is 47.2 Å². The predicted molar refractivity (Wildman–Crippen MR) is 91.8 cm³/mol. The van der Waals surface area contributed by atoms with Gasteiger partial charge in [-0.1, -0.05) is 66.8 Å². The zero-order valence-corrected chi connectivity index (χ0v) is 12.4. The molecule has 108 valence electrons. The second-order valence-corrected chi connectivity index (χ2v) is 5.29. The van der Waals surface area contributed by atoms with Crippen molar-refractivity contribution >= 4 is 11.4 Å². The van der Waals surface area contributed by atoms with Gasteiger partial charge in [-0.25, -0.2) is 0 Å². The normalized spacial score (nSPS) is 20.4. The van der Waals surface area contributed by atoms with Gasteiger partial charge in [-0.15, -0.1) is 6.58 Å². The molecule has 2 nitrogen and oxygen atoms in total. The highest BCUT2D eigenvalue weighted by Crippen LogP contribution is 2.39. The third kappa shape index (κ3) is 2.82. The van der Waals surface area contributed by atoms with Crippen molar-refractivity contribution < 1.29 is 0 Å². The fourth-order valence-electron chi connectivity index (χ4n) is 2.66. The van der Waals surface area contributed by atoms with Crippen LogP contribution in [0.5, 0.6) is 0 Å². The second-order valence-electron chi connectivity index (χ2n) is 5.29. The molecule has 0 saturated carbocycles. The van der Waals surface area contributed by atoms with E-state index in [9.17, 15) is 0 Å². The molecule has 1 atom stereocenters. The Kier molecular flexibility index (Phi) is 4.10. The lowest BCUT2D eigenvalue weighted by Gasteiger charge is -2.29. The molecule has 0 aliphatic heterocycles. The standard InChI is InChI=1S/C20H18N2/c1-2-20(15-9-4-10-16-20)18-13-7-8-14-19(18)22-21-17-11-5-3-6-12-17/h2-15H,1,16H2. The van der Waals surface area contributed by atoms with Gasteiger partial charge in [-0.3, -0.25) is 0 Å². The van der Waals surface area contributed by atoms with Crippen molar-refractivity contribution in [3.63, 3.8) is 0 Å². The average Bonchev–Trinajstić information content (AvgIpc) is 2.62. The maximum absolute atomic E-state index is 4.46. The Morgan fingerprint density at radius 3 is 2.41 bits per heavy atom. The summed E-state index contributed by atoms with van der Waals surface area (Å²) >= 11 is 0. The van der Waals surface area contributed by atoms with Crippen LogP contribution in [-0.2, 0) is 5.41 Å². The summed E-state index contributed by atoms with van der Waals surface area (Å²) in [6, 6.07) is 17.9. The summed E-state index contributed by atoms with van der Waals surface area (Å²) < 4.78 is 0. The largest absolute Gasteiger partial charge is 0.151 e. The molecule has 1 aliphatic rings. The minimum absolute atomic E-state index is 0.207. The van der Waals surface area contributed by atoms with Gasteiger partial charge in [-0.05, 0) is 30.2 Å². The molecule has 0 heterocycles. The summed E-state index contributed by atoms with van der Waals surface area (Å²) in [5, 5.41) is 8.81. The molecule has 1 unspecified atom stereocenters. The molecule has 22 heavy (non-hydrogen) atoms. The van der Waals surface area contributed by atoms with Gasteiger partial charge in [0.05, 0.1) is 11.4 Å². The molecule has 0 spiro atoms. The van der Waals surface area contributed by atoms with Gasteiger partial charge >= 0.3 is 0 Å². The van der Waals surface area contributed by atoms with Crippen LogP contribution in [0.15, 0.2) is 102 Å². The van der Waals surface area contributed by atoms with E-state index in [1.807, 2.05) is 54.6 Å². The van der Waals surface area contributed by atoms with E-state index in [4.69, 9.17) is 0 Å². The van der Waals surface area contributed by atoms with Crippen LogP contribution in [-0.4, -0.2) is 0 Å². The summed E-state index contributed by atoms with van der Waals surface area (Å²) in [4.78, 5) is 0. The summed E-state index contributed by atoms with van der Waals surface area (Å²) in [5.74, 6) is 0. The number of nitrogens with zero attached hydrogens (tertiary/aromatic N) is 2. The van der Waals surface area contributed by atoms with Gasteiger partial charge < -0.3 is 0 Å². The Labute approximate surface area is 131 Å². The lowest BCUT2D eigenvalue weighted by atomic mass is 9.75. The first-order chi connectivity index (χ1) is 10.8. The summed E-state index contributed by atoms with van der Waals surface area (Å²) in [5.41, 5.74) is 2.65. The monoisotopic (exact) mass is 286 g/mol. The zero-order chi connectivity index (χ0) is 15.3. The third-order valence-corrected chi connectivity index (χ3v) is 3.90. The molecule has 0 fully saturated rings. The minimum atomic E-state index is -0.207. The van der Waals surface area contributed by atoms with E-state index < -0.39 is 0 Å². The minimum Gasteiger partial charge on any atom is -0.151 e. The van der Waals surface area contributed by atoms with E-state index in [1.54, 1.807) is 0 Å². The highest BCUT2D eigenvalue weighted by atomic mass is 15.1. The maximum Gasteiger partial charge on any atom is 0.0901 e. The van der Waals surface area contributed by atoms with Gasteiger partial charge in [0, 0.05) is 5.41 Å². The summed E-state index contributed by atoms with van der Waals surface area (Å²) in [7, 11) is 0. The smallest absolute Gasteiger partial charge is 0.0901 e. The van der Waals surface area contributed by atoms with Crippen molar-refractivity contribution in [3.05, 3.63) is 97.1 Å². The van der Waals surface area contributed by atoms with E-state index in [0.29, 0.717) is 0 Å². The van der Waals surface area contributed by atoms with Crippen molar-refractivity contribution in [1.82, 2.24) is 0 Å². The number of azo groups is 1. The summed E-state index contributed by atoms with van der Waals surface area (Å²) in [6.07, 6.45) is 11.4. The molecule has 0 N–H and O–H groups in total. The highest BCUT2D eigenvalue weighted by Gasteiger charge is 2.28. The van der Waals surface area contributed by atoms with Crippen LogP contribution < -0.4 is 0 Å². The molecule has 3 rings (SSSR count).